The molecule has 0 bridgehead atoms. The SMILES string of the molecule is COc1c(-c2cc3ccc(NS(C)(=O)=O)cc3c(=O)o2)cc(-c2ccc[nH]c2=O)cc1C1(C)CC1. The van der Waals surface area contributed by atoms with Crippen molar-refractivity contribution in [2.75, 3.05) is 18.1 Å². The van der Waals surface area contributed by atoms with Gasteiger partial charge in [0.2, 0.25) is 10.0 Å². The van der Waals surface area contributed by atoms with E-state index < -0.39 is 15.6 Å². The third-order valence-electron chi connectivity index (χ3n) is 6.40. The summed E-state index contributed by atoms with van der Waals surface area (Å²) in [6, 6.07) is 13.7. The van der Waals surface area contributed by atoms with Crippen LogP contribution >= 0.6 is 0 Å². The lowest BCUT2D eigenvalue weighted by molar-refractivity contribution is 0.405. The Labute approximate surface area is 201 Å². The molecule has 2 N–H and O–H groups in total. The molecule has 0 saturated heterocycles. The molecule has 1 aliphatic rings. The quantitative estimate of drug-likeness (QED) is 0.415. The number of ether oxygens (including phenoxy) is 1. The number of aromatic nitrogens is 1. The van der Waals surface area contributed by atoms with Gasteiger partial charge in [0.05, 0.1) is 24.3 Å². The molecular formula is C26H24N2O6S. The van der Waals surface area contributed by atoms with E-state index in [0.717, 1.165) is 24.7 Å². The van der Waals surface area contributed by atoms with Crippen LogP contribution in [0.3, 0.4) is 0 Å². The Kier molecular flexibility index (Phi) is 5.32. The highest BCUT2D eigenvalue weighted by atomic mass is 32.2. The summed E-state index contributed by atoms with van der Waals surface area (Å²) in [7, 11) is -1.92. The molecule has 8 nitrogen and oxygen atoms in total. The van der Waals surface area contributed by atoms with E-state index in [1.165, 1.54) is 6.07 Å². The smallest absolute Gasteiger partial charge is 0.344 e. The number of anilines is 1. The van der Waals surface area contributed by atoms with Crippen molar-refractivity contribution in [1.29, 1.82) is 0 Å². The first kappa shape index (κ1) is 22.9. The van der Waals surface area contributed by atoms with Gasteiger partial charge in [-0.3, -0.25) is 9.52 Å². The maximum atomic E-state index is 13.0. The van der Waals surface area contributed by atoms with Crippen LogP contribution in [0.5, 0.6) is 5.75 Å². The fourth-order valence-electron chi connectivity index (χ4n) is 4.34. The zero-order valence-electron chi connectivity index (χ0n) is 19.5. The van der Waals surface area contributed by atoms with Crippen LogP contribution in [0.4, 0.5) is 5.69 Å². The molecular weight excluding hydrogens is 468 g/mol. The van der Waals surface area contributed by atoms with Gasteiger partial charge in [-0.25, -0.2) is 13.2 Å². The van der Waals surface area contributed by atoms with Crippen LogP contribution < -0.4 is 20.6 Å². The Hall–Kier alpha value is -3.85. The Morgan fingerprint density at radius 1 is 1.06 bits per heavy atom. The normalized spacial score (nSPS) is 14.6. The third kappa shape index (κ3) is 4.35. The number of hydrogen-bond donors (Lipinski definition) is 2. The predicted molar refractivity (Wildman–Crippen MR) is 136 cm³/mol. The van der Waals surface area contributed by atoms with E-state index >= 15 is 0 Å². The van der Waals surface area contributed by atoms with Gasteiger partial charge >= 0.3 is 5.63 Å². The maximum Gasteiger partial charge on any atom is 0.344 e. The second-order valence-electron chi connectivity index (χ2n) is 9.15. The van der Waals surface area contributed by atoms with Crippen molar-refractivity contribution >= 4 is 26.5 Å². The molecule has 4 aromatic rings. The van der Waals surface area contributed by atoms with Crippen molar-refractivity contribution in [2.24, 2.45) is 0 Å². The molecule has 0 atom stereocenters. The fourth-order valence-corrected chi connectivity index (χ4v) is 4.89. The van der Waals surface area contributed by atoms with Crippen molar-refractivity contribution in [3.8, 4) is 28.2 Å². The number of H-pyrrole nitrogens is 1. The minimum absolute atomic E-state index is 0.0962. The highest BCUT2D eigenvalue weighted by molar-refractivity contribution is 7.92. The predicted octanol–water partition coefficient (Wildman–Crippen LogP) is 4.25. The molecule has 0 spiro atoms. The van der Waals surface area contributed by atoms with E-state index in [2.05, 4.69) is 16.6 Å². The Morgan fingerprint density at radius 2 is 1.83 bits per heavy atom. The molecule has 2 aromatic carbocycles. The van der Waals surface area contributed by atoms with E-state index in [1.807, 2.05) is 6.07 Å². The Morgan fingerprint density at radius 3 is 2.49 bits per heavy atom. The van der Waals surface area contributed by atoms with Crippen LogP contribution in [0, 0.1) is 0 Å². The lowest BCUT2D eigenvalue weighted by Crippen LogP contribution is -2.11. The molecule has 1 fully saturated rings. The average molecular weight is 493 g/mol. The standard InChI is InChI=1S/C26H24N2O6S/c1-26(8-9-26)21-12-16(18-5-4-10-27-24(18)29)11-20(23(21)33-2)22-13-15-6-7-17(28-35(3,31)32)14-19(15)25(30)34-22/h4-7,10-14,28H,8-9H2,1-3H3,(H,27,29). The number of sulfonamides is 1. The number of rotatable bonds is 6. The summed E-state index contributed by atoms with van der Waals surface area (Å²) >= 11 is 0. The maximum absolute atomic E-state index is 13.0. The van der Waals surface area contributed by atoms with Crippen molar-refractivity contribution in [2.45, 2.75) is 25.2 Å². The zero-order chi connectivity index (χ0) is 25.0. The highest BCUT2D eigenvalue weighted by Gasteiger charge is 2.42. The lowest BCUT2D eigenvalue weighted by Gasteiger charge is -2.19. The van der Waals surface area contributed by atoms with Crippen LogP contribution in [0.15, 0.2) is 68.7 Å². The van der Waals surface area contributed by atoms with Gasteiger partial charge in [0, 0.05) is 23.0 Å². The van der Waals surface area contributed by atoms with Crippen molar-refractivity contribution in [3.05, 3.63) is 81.1 Å². The molecule has 5 rings (SSSR count). The molecule has 0 radical (unpaired) electrons. The van der Waals surface area contributed by atoms with Gasteiger partial charge in [-0.2, -0.15) is 0 Å². The number of nitrogens with one attached hydrogen (secondary N) is 2. The first-order valence-corrected chi connectivity index (χ1v) is 12.9. The van der Waals surface area contributed by atoms with Crippen molar-refractivity contribution in [1.82, 2.24) is 4.98 Å². The van der Waals surface area contributed by atoms with Gasteiger partial charge in [-0.1, -0.05) is 13.0 Å². The number of hydrogen-bond acceptors (Lipinski definition) is 6. The first-order valence-electron chi connectivity index (χ1n) is 11.0. The number of pyridine rings is 1. The second-order valence-corrected chi connectivity index (χ2v) is 10.9. The lowest BCUT2D eigenvalue weighted by atomic mass is 9.90. The number of fused-ring (bicyclic) bond motifs is 1. The Balaban J connectivity index is 1.74. The highest BCUT2D eigenvalue weighted by Crippen LogP contribution is 2.53. The molecule has 9 heteroatoms. The van der Waals surface area contributed by atoms with Gasteiger partial charge in [0.15, 0.2) is 0 Å². The van der Waals surface area contributed by atoms with Crippen LogP contribution in [-0.4, -0.2) is 26.8 Å². The second kappa shape index (κ2) is 8.13. The zero-order valence-corrected chi connectivity index (χ0v) is 20.3. The summed E-state index contributed by atoms with van der Waals surface area (Å²) in [5.74, 6) is 0.891. The summed E-state index contributed by atoms with van der Waals surface area (Å²) in [6.07, 6.45) is 4.58. The van der Waals surface area contributed by atoms with Gasteiger partial charge < -0.3 is 14.1 Å². The topological polar surface area (TPSA) is 118 Å². The van der Waals surface area contributed by atoms with Crippen molar-refractivity contribution in [3.63, 3.8) is 0 Å². The molecule has 2 aromatic heterocycles. The average Bonchev–Trinajstić information content (AvgIpc) is 3.56. The van der Waals surface area contributed by atoms with Crippen LogP contribution in [0.2, 0.25) is 0 Å². The van der Waals surface area contributed by atoms with Gasteiger partial charge in [-0.15, -0.1) is 0 Å². The number of methoxy groups -OCH3 is 1. The van der Waals surface area contributed by atoms with Gasteiger partial charge in [0.1, 0.15) is 11.5 Å². The monoisotopic (exact) mass is 492 g/mol. The van der Waals surface area contributed by atoms with Crippen LogP contribution in [-0.2, 0) is 15.4 Å². The minimum atomic E-state index is -3.49. The molecule has 35 heavy (non-hydrogen) atoms. The van der Waals surface area contributed by atoms with E-state index in [0.29, 0.717) is 33.6 Å². The molecule has 1 aliphatic carbocycles. The summed E-state index contributed by atoms with van der Waals surface area (Å²) in [5, 5.41) is 0.825. The molecule has 180 valence electrons. The largest absolute Gasteiger partial charge is 0.496 e. The van der Waals surface area contributed by atoms with Crippen LogP contribution in [0.25, 0.3) is 33.2 Å². The molecule has 0 unspecified atom stereocenters. The number of aromatic amines is 1. The summed E-state index contributed by atoms with van der Waals surface area (Å²) < 4.78 is 37.0. The fraction of sp³-hybridized carbons (Fsp3) is 0.231. The van der Waals surface area contributed by atoms with Crippen molar-refractivity contribution < 1.29 is 17.6 Å². The summed E-state index contributed by atoms with van der Waals surface area (Å²) in [6.45, 7) is 2.14. The van der Waals surface area contributed by atoms with E-state index in [1.54, 1.807) is 49.7 Å². The van der Waals surface area contributed by atoms with Crippen LogP contribution in [0.1, 0.15) is 25.3 Å². The summed E-state index contributed by atoms with van der Waals surface area (Å²) in [5.41, 5.74) is 2.05. The molecule has 0 amide bonds. The molecule has 0 aliphatic heterocycles. The molecule has 1 saturated carbocycles. The van der Waals surface area contributed by atoms with E-state index in [9.17, 15) is 18.0 Å². The molecule has 2 heterocycles. The third-order valence-corrected chi connectivity index (χ3v) is 7.01. The first-order chi connectivity index (χ1) is 16.6. The van der Waals surface area contributed by atoms with E-state index in [4.69, 9.17) is 9.15 Å². The Bertz CT molecular complexity index is 1700. The van der Waals surface area contributed by atoms with E-state index in [-0.39, 0.29) is 22.0 Å². The number of benzene rings is 2. The van der Waals surface area contributed by atoms with Gasteiger partial charge in [0.25, 0.3) is 5.56 Å². The minimum Gasteiger partial charge on any atom is -0.496 e. The summed E-state index contributed by atoms with van der Waals surface area (Å²) in [4.78, 5) is 28.2. The van der Waals surface area contributed by atoms with Gasteiger partial charge in [-0.05, 0) is 71.7 Å².